The molecule has 0 radical (unpaired) electrons. The smallest absolute Gasteiger partial charge is 0.240 e. The summed E-state index contributed by atoms with van der Waals surface area (Å²) in [5, 5.41) is 13.7. The van der Waals surface area contributed by atoms with Crippen LogP contribution in [0.4, 0.5) is 0 Å². The summed E-state index contributed by atoms with van der Waals surface area (Å²) in [6.07, 6.45) is 1.42. The van der Waals surface area contributed by atoms with E-state index in [1.54, 1.807) is 7.11 Å². The molecule has 1 aliphatic rings. The minimum Gasteiger partial charge on any atom is -0.392 e. The first kappa shape index (κ1) is 13.5. The van der Waals surface area contributed by atoms with Gasteiger partial charge >= 0.3 is 0 Å². The van der Waals surface area contributed by atoms with Gasteiger partial charge in [-0.1, -0.05) is 12.1 Å². The van der Waals surface area contributed by atoms with E-state index in [2.05, 4.69) is 22.0 Å². The Morgan fingerprint density at radius 2 is 2.39 bits per heavy atom. The predicted molar refractivity (Wildman–Crippen MR) is 64.9 cm³/mol. The van der Waals surface area contributed by atoms with Crippen LogP contribution < -0.4 is 0 Å². The van der Waals surface area contributed by atoms with Gasteiger partial charge in [0, 0.05) is 20.1 Å². The molecule has 0 aromatic carbocycles. The molecular weight excluding hydrogens is 234 g/mol. The number of β-amino-alcohol motifs (C(OH)–C–C–N with tert-alkyl or cyclic N) is 1. The lowest BCUT2D eigenvalue weighted by Crippen LogP contribution is -2.42. The lowest BCUT2D eigenvalue weighted by Gasteiger charge is -2.33. The maximum atomic E-state index is 9.82. The van der Waals surface area contributed by atoms with Crippen LogP contribution in [-0.4, -0.2) is 53.1 Å². The molecule has 2 heterocycles. The van der Waals surface area contributed by atoms with E-state index < -0.39 is 0 Å². The van der Waals surface area contributed by atoms with E-state index in [1.807, 2.05) is 0 Å². The molecule has 1 aromatic heterocycles. The summed E-state index contributed by atoms with van der Waals surface area (Å²) in [6.45, 7) is 4.94. The standard InChI is InChI=1S/C12H21N3O3/c1-9-3-5-15(7-10(9)16)8-12-13-11(14-18-12)4-6-17-2/h9-10,16H,3-8H2,1-2H3. The number of likely N-dealkylation sites (tertiary alicyclic amines) is 1. The van der Waals surface area contributed by atoms with Crippen molar-refractivity contribution in [1.29, 1.82) is 0 Å². The summed E-state index contributed by atoms with van der Waals surface area (Å²) >= 11 is 0. The molecule has 0 aliphatic carbocycles. The number of hydrogen-bond acceptors (Lipinski definition) is 6. The summed E-state index contributed by atoms with van der Waals surface area (Å²) in [4.78, 5) is 6.46. The van der Waals surface area contributed by atoms with Crippen molar-refractivity contribution >= 4 is 0 Å². The number of ether oxygens (including phenoxy) is 1. The average molecular weight is 255 g/mol. The van der Waals surface area contributed by atoms with Gasteiger partial charge in [0.15, 0.2) is 5.82 Å². The maximum Gasteiger partial charge on any atom is 0.240 e. The van der Waals surface area contributed by atoms with Crippen LogP contribution in [0.15, 0.2) is 4.52 Å². The Morgan fingerprint density at radius 3 is 3.11 bits per heavy atom. The summed E-state index contributed by atoms with van der Waals surface area (Å²) in [5.74, 6) is 1.67. The molecule has 0 bridgehead atoms. The molecule has 102 valence electrons. The number of methoxy groups -OCH3 is 1. The molecule has 2 rings (SSSR count). The molecule has 0 amide bonds. The van der Waals surface area contributed by atoms with Crippen LogP contribution in [-0.2, 0) is 17.7 Å². The highest BCUT2D eigenvalue weighted by Gasteiger charge is 2.25. The summed E-state index contributed by atoms with van der Waals surface area (Å²) < 4.78 is 10.2. The van der Waals surface area contributed by atoms with Gasteiger partial charge in [-0.2, -0.15) is 4.98 Å². The van der Waals surface area contributed by atoms with Crippen molar-refractivity contribution in [3.63, 3.8) is 0 Å². The van der Waals surface area contributed by atoms with E-state index in [9.17, 15) is 5.11 Å². The molecule has 0 spiro atoms. The Labute approximate surface area is 107 Å². The second kappa shape index (κ2) is 6.26. The topological polar surface area (TPSA) is 71.6 Å². The lowest BCUT2D eigenvalue weighted by molar-refractivity contribution is 0.0220. The third-order valence-corrected chi connectivity index (χ3v) is 3.40. The van der Waals surface area contributed by atoms with Gasteiger partial charge in [-0.3, -0.25) is 4.90 Å². The highest BCUT2D eigenvalue weighted by Crippen LogP contribution is 2.18. The molecule has 1 saturated heterocycles. The van der Waals surface area contributed by atoms with Crippen LogP contribution in [0, 0.1) is 5.92 Å². The molecular formula is C12H21N3O3. The Morgan fingerprint density at radius 1 is 1.56 bits per heavy atom. The SMILES string of the molecule is COCCc1noc(CN2CCC(C)C(O)C2)n1. The highest BCUT2D eigenvalue weighted by atomic mass is 16.5. The molecule has 1 aliphatic heterocycles. The molecule has 1 aromatic rings. The van der Waals surface area contributed by atoms with E-state index in [-0.39, 0.29) is 6.10 Å². The van der Waals surface area contributed by atoms with E-state index in [4.69, 9.17) is 9.26 Å². The monoisotopic (exact) mass is 255 g/mol. The van der Waals surface area contributed by atoms with Crippen molar-refractivity contribution in [1.82, 2.24) is 15.0 Å². The van der Waals surface area contributed by atoms with Gasteiger partial charge in [0.25, 0.3) is 0 Å². The fraction of sp³-hybridized carbons (Fsp3) is 0.833. The number of rotatable bonds is 5. The molecule has 6 heteroatoms. The van der Waals surface area contributed by atoms with Crippen LogP contribution in [0.3, 0.4) is 0 Å². The van der Waals surface area contributed by atoms with Crippen molar-refractivity contribution in [2.75, 3.05) is 26.8 Å². The van der Waals surface area contributed by atoms with Gasteiger partial charge in [0.05, 0.1) is 19.3 Å². The van der Waals surface area contributed by atoms with Gasteiger partial charge in [-0.15, -0.1) is 0 Å². The van der Waals surface area contributed by atoms with Crippen LogP contribution in [0.25, 0.3) is 0 Å². The van der Waals surface area contributed by atoms with Gasteiger partial charge in [-0.05, 0) is 18.9 Å². The van der Waals surface area contributed by atoms with Crippen molar-refractivity contribution in [2.45, 2.75) is 32.4 Å². The third kappa shape index (κ3) is 3.51. The zero-order valence-electron chi connectivity index (χ0n) is 11.0. The fourth-order valence-corrected chi connectivity index (χ4v) is 2.10. The Kier molecular flexibility index (Phi) is 4.68. The summed E-state index contributed by atoms with van der Waals surface area (Å²) in [7, 11) is 1.65. The minimum atomic E-state index is -0.255. The molecule has 1 fully saturated rings. The van der Waals surface area contributed by atoms with Crippen LogP contribution in [0.5, 0.6) is 0 Å². The number of nitrogens with zero attached hydrogens (tertiary/aromatic N) is 3. The van der Waals surface area contributed by atoms with E-state index in [1.165, 1.54) is 0 Å². The number of aliphatic hydroxyl groups is 1. The van der Waals surface area contributed by atoms with Gasteiger partial charge in [0.2, 0.25) is 5.89 Å². The normalized spacial score (nSPS) is 25.5. The van der Waals surface area contributed by atoms with E-state index in [0.717, 1.165) is 13.0 Å². The summed E-state index contributed by atoms with van der Waals surface area (Å²) in [6, 6.07) is 0. The van der Waals surface area contributed by atoms with Gasteiger partial charge in [-0.25, -0.2) is 0 Å². The van der Waals surface area contributed by atoms with Crippen LogP contribution in [0.2, 0.25) is 0 Å². The second-order valence-corrected chi connectivity index (χ2v) is 4.92. The van der Waals surface area contributed by atoms with Crippen LogP contribution >= 0.6 is 0 Å². The fourth-order valence-electron chi connectivity index (χ4n) is 2.10. The van der Waals surface area contributed by atoms with E-state index >= 15 is 0 Å². The molecule has 2 atom stereocenters. The zero-order valence-corrected chi connectivity index (χ0v) is 11.0. The predicted octanol–water partition coefficient (Wildman–Crippen LogP) is 0.461. The first-order valence-electron chi connectivity index (χ1n) is 6.40. The number of hydrogen-bond donors (Lipinski definition) is 1. The average Bonchev–Trinajstić information content (AvgIpc) is 2.79. The molecule has 1 N–H and O–H groups in total. The van der Waals surface area contributed by atoms with Crippen molar-refractivity contribution in [3.05, 3.63) is 11.7 Å². The van der Waals surface area contributed by atoms with Crippen LogP contribution in [0.1, 0.15) is 25.1 Å². The third-order valence-electron chi connectivity index (χ3n) is 3.40. The van der Waals surface area contributed by atoms with Gasteiger partial charge in [0.1, 0.15) is 0 Å². The molecule has 18 heavy (non-hydrogen) atoms. The Bertz CT molecular complexity index is 369. The van der Waals surface area contributed by atoms with E-state index in [0.29, 0.717) is 43.8 Å². The molecule has 0 saturated carbocycles. The maximum absolute atomic E-state index is 9.82. The number of aliphatic hydroxyl groups excluding tert-OH is 1. The summed E-state index contributed by atoms with van der Waals surface area (Å²) in [5.41, 5.74) is 0. The quantitative estimate of drug-likeness (QED) is 0.824. The first-order chi connectivity index (χ1) is 8.69. The lowest BCUT2D eigenvalue weighted by atomic mass is 9.96. The van der Waals surface area contributed by atoms with Gasteiger partial charge < -0.3 is 14.4 Å². The zero-order chi connectivity index (χ0) is 13.0. The van der Waals surface area contributed by atoms with Crippen molar-refractivity contribution < 1.29 is 14.4 Å². The largest absolute Gasteiger partial charge is 0.392 e. The molecule has 2 unspecified atom stereocenters. The van der Waals surface area contributed by atoms with Crippen molar-refractivity contribution in [3.8, 4) is 0 Å². The first-order valence-corrected chi connectivity index (χ1v) is 6.40. The Balaban J connectivity index is 1.84. The molecule has 6 nitrogen and oxygen atoms in total. The number of piperidine rings is 1. The Hall–Kier alpha value is -0.980. The minimum absolute atomic E-state index is 0.255. The highest BCUT2D eigenvalue weighted by molar-refractivity contribution is 4.88. The van der Waals surface area contributed by atoms with Crippen molar-refractivity contribution in [2.24, 2.45) is 5.92 Å². The number of aromatic nitrogens is 2. The second-order valence-electron chi connectivity index (χ2n) is 4.92.